The largest absolute Gasteiger partial charge is 0.324 e. The van der Waals surface area contributed by atoms with Gasteiger partial charge in [0.1, 0.15) is 11.9 Å². The van der Waals surface area contributed by atoms with Gasteiger partial charge in [0, 0.05) is 31.1 Å². The highest BCUT2D eigenvalue weighted by Gasteiger charge is 2.33. The highest BCUT2D eigenvalue weighted by Crippen LogP contribution is 2.31. The molecule has 118 valence electrons. The van der Waals surface area contributed by atoms with E-state index >= 15 is 0 Å². The molecule has 8 heteroatoms. The van der Waals surface area contributed by atoms with Crippen molar-refractivity contribution in [2.45, 2.75) is 19.0 Å². The number of rotatable bonds is 3. The van der Waals surface area contributed by atoms with Crippen molar-refractivity contribution in [3.63, 3.8) is 0 Å². The van der Waals surface area contributed by atoms with Crippen LogP contribution in [-0.4, -0.2) is 26.9 Å². The zero-order valence-electron chi connectivity index (χ0n) is 11.8. The summed E-state index contributed by atoms with van der Waals surface area (Å²) >= 11 is 0. The van der Waals surface area contributed by atoms with Gasteiger partial charge in [-0.1, -0.05) is 0 Å². The zero-order valence-corrected chi connectivity index (χ0v) is 11.8. The predicted molar refractivity (Wildman–Crippen MR) is 72.3 cm³/mol. The molecule has 5 nitrogen and oxygen atoms in total. The van der Waals surface area contributed by atoms with E-state index in [4.69, 9.17) is 5.26 Å². The summed E-state index contributed by atoms with van der Waals surface area (Å²) in [6.45, 7) is 0.343. The molecule has 1 aromatic heterocycles. The molecule has 1 saturated heterocycles. The average molecular weight is 320 g/mol. The number of halogens is 3. The molecule has 23 heavy (non-hydrogen) atoms. The summed E-state index contributed by atoms with van der Waals surface area (Å²) in [6.07, 6.45) is 2.91. The van der Waals surface area contributed by atoms with Crippen molar-refractivity contribution in [1.82, 2.24) is 14.5 Å². The molecular weight excluding hydrogens is 309 g/mol. The number of amides is 1. The Morgan fingerprint density at radius 3 is 2.70 bits per heavy atom. The molecule has 1 atom stereocenters. The summed E-state index contributed by atoms with van der Waals surface area (Å²) < 4.78 is 41.7. The van der Waals surface area contributed by atoms with Crippen molar-refractivity contribution in [3.05, 3.63) is 53.4 Å². The second-order valence-corrected chi connectivity index (χ2v) is 5.33. The van der Waals surface area contributed by atoms with Crippen LogP contribution in [0.25, 0.3) is 0 Å². The van der Waals surface area contributed by atoms with Gasteiger partial charge >= 0.3 is 0 Å². The van der Waals surface area contributed by atoms with E-state index in [-0.39, 0.29) is 36.8 Å². The lowest BCUT2D eigenvalue weighted by Crippen LogP contribution is -2.27. The van der Waals surface area contributed by atoms with Crippen molar-refractivity contribution in [3.8, 4) is 6.07 Å². The van der Waals surface area contributed by atoms with Crippen LogP contribution in [0.4, 0.5) is 13.2 Å². The molecular formula is C15H11F3N4O. The Bertz CT molecular complexity index is 812. The molecule has 0 aliphatic carbocycles. The summed E-state index contributed by atoms with van der Waals surface area (Å²) in [5.41, 5.74) is 0.211. The molecule has 1 aliphatic rings. The monoisotopic (exact) mass is 320 g/mol. The number of likely N-dealkylation sites (tertiary alicyclic amines) is 1. The van der Waals surface area contributed by atoms with E-state index in [1.807, 2.05) is 6.07 Å². The number of nitriles is 1. The minimum absolute atomic E-state index is 0.0110. The van der Waals surface area contributed by atoms with Gasteiger partial charge in [0.05, 0.1) is 13.0 Å². The third-order valence-corrected chi connectivity index (χ3v) is 3.78. The second kappa shape index (κ2) is 5.76. The predicted octanol–water partition coefficient (Wildman–Crippen LogP) is 2.15. The lowest BCUT2D eigenvalue weighted by atomic mass is 9.97. The molecule has 1 aromatic carbocycles. The van der Waals surface area contributed by atoms with Gasteiger partial charge < -0.3 is 9.47 Å². The quantitative estimate of drug-likeness (QED) is 0.814. The SMILES string of the molecule is N#Cc1cn(CN2CC(c3cc(F)c(F)cc3F)CC2=O)cn1. The molecule has 0 N–H and O–H groups in total. The van der Waals surface area contributed by atoms with E-state index in [2.05, 4.69) is 4.98 Å². The summed E-state index contributed by atoms with van der Waals surface area (Å²) in [4.78, 5) is 17.3. The van der Waals surface area contributed by atoms with Gasteiger partial charge in [0.2, 0.25) is 5.91 Å². The topological polar surface area (TPSA) is 61.9 Å². The Hall–Kier alpha value is -2.82. The second-order valence-electron chi connectivity index (χ2n) is 5.33. The molecule has 3 rings (SSSR count). The van der Waals surface area contributed by atoms with Gasteiger partial charge in [-0.15, -0.1) is 0 Å². The minimum Gasteiger partial charge on any atom is -0.324 e. The van der Waals surface area contributed by atoms with E-state index < -0.39 is 23.4 Å². The zero-order chi connectivity index (χ0) is 16.6. The number of hydrogen-bond donors (Lipinski definition) is 0. The summed E-state index contributed by atoms with van der Waals surface area (Å²) in [7, 11) is 0. The lowest BCUT2D eigenvalue weighted by Gasteiger charge is -2.17. The van der Waals surface area contributed by atoms with E-state index in [1.165, 1.54) is 17.4 Å². The molecule has 2 heterocycles. The van der Waals surface area contributed by atoms with Gasteiger partial charge in [-0.05, 0) is 11.6 Å². The third kappa shape index (κ3) is 2.90. The Kier molecular flexibility index (Phi) is 3.78. The highest BCUT2D eigenvalue weighted by atomic mass is 19.2. The first kappa shape index (κ1) is 15.1. The van der Waals surface area contributed by atoms with Crippen LogP contribution < -0.4 is 0 Å². The minimum atomic E-state index is -1.25. The molecule has 1 unspecified atom stereocenters. The van der Waals surface area contributed by atoms with Crippen LogP contribution in [0, 0.1) is 28.8 Å². The van der Waals surface area contributed by atoms with Crippen LogP contribution in [0.5, 0.6) is 0 Å². The Labute approximate surface area is 129 Å². The fraction of sp³-hybridized carbons (Fsp3) is 0.267. The maximum absolute atomic E-state index is 13.8. The number of aromatic nitrogens is 2. The number of hydrogen-bond acceptors (Lipinski definition) is 3. The number of carbonyl (C=O) groups excluding carboxylic acids is 1. The smallest absolute Gasteiger partial charge is 0.224 e. The molecule has 0 spiro atoms. The third-order valence-electron chi connectivity index (χ3n) is 3.78. The molecule has 0 bridgehead atoms. The standard InChI is InChI=1S/C15H11F3N4O/c16-12-3-14(18)13(17)2-11(12)9-1-15(23)22(5-9)8-21-6-10(4-19)20-7-21/h2-3,6-7,9H,1,5,8H2. The summed E-state index contributed by atoms with van der Waals surface area (Å²) in [6, 6.07) is 3.17. The Morgan fingerprint density at radius 1 is 1.26 bits per heavy atom. The van der Waals surface area contributed by atoms with Gasteiger partial charge in [0.15, 0.2) is 17.3 Å². The first-order valence-corrected chi connectivity index (χ1v) is 6.82. The maximum atomic E-state index is 13.8. The molecule has 0 radical (unpaired) electrons. The maximum Gasteiger partial charge on any atom is 0.224 e. The Balaban J connectivity index is 1.77. The van der Waals surface area contributed by atoms with Crippen molar-refractivity contribution >= 4 is 5.91 Å². The van der Waals surface area contributed by atoms with Crippen LogP contribution in [0.3, 0.4) is 0 Å². The summed E-state index contributed by atoms with van der Waals surface area (Å²) in [5.74, 6) is -4.03. The van der Waals surface area contributed by atoms with Gasteiger partial charge in [0.25, 0.3) is 0 Å². The van der Waals surface area contributed by atoms with Crippen molar-refractivity contribution < 1.29 is 18.0 Å². The number of benzene rings is 1. The van der Waals surface area contributed by atoms with Crippen LogP contribution in [0.1, 0.15) is 23.6 Å². The average Bonchev–Trinajstić information content (AvgIpc) is 3.10. The van der Waals surface area contributed by atoms with Crippen LogP contribution in [-0.2, 0) is 11.5 Å². The van der Waals surface area contributed by atoms with Gasteiger partial charge in [-0.3, -0.25) is 4.79 Å². The van der Waals surface area contributed by atoms with Crippen LogP contribution >= 0.6 is 0 Å². The molecule has 1 fully saturated rings. The molecule has 1 aliphatic heterocycles. The fourth-order valence-electron chi connectivity index (χ4n) is 2.66. The van der Waals surface area contributed by atoms with Gasteiger partial charge in [-0.2, -0.15) is 5.26 Å². The van der Waals surface area contributed by atoms with Crippen molar-refractivity contribution in [1.29, 1.82) is 5.26 Å². The fourth-order valence-corrected chi connectivity index (χ4v) is 2.66. The Morgan fingerprint density at radius 2 is 2.00 bits per heavy atom. The molecule has 1 amide bonds. The van der Waals surface area contributed by atoms with E-state index in [9.17, 15) is 18.0 Å². The number of imidazole rings is 1. The van der Waals surface area contributed by atoms with Crippen molar-refractivity contribution in [2.24, 2.45) is 0 Å². The highest BCUT2D eigenvalue weighted by molar-refractivity contribution is 5.79. The number of carbonyl (C=O) groups is 1. The van der Waals surface area contributed by atoms with E-state index in [1.54, 1.807) is 4.57 Å². The normalized spacial score (nSPS) is 17.6. The number of nitrogens with zero attached hydrogens (tertiary/aromatic N) is 4. The van der Waals surface area contributed by atoms with Crippen molar-refractivity contribution in [2.75, 3.05) is 6.54 Å². The van der Waals surface area contributed by atoms with E-state index in [0.717, 1.165) is 6.07 Å². The molecule has 0 saturated carbocycles. The first-order valence-electron chi connectivity index (χ1n) is 6.82. The lowest BCUT2D eigenvalue weighted by molar-refractivity contribution is -0.129. The van der Waals surface area contributed by atoms with Crippen LogP contribution in [0.15, 0.2) is 24.7 Å². The van der Waals surface area contributed by atoms with E-state index in [0.29, 0.717) is 6.07 Å². The van der Waals surface area contributed by atoms with Gasteiger partial charge in [-0.25, -0.2) is 18.2 Å². The summed E-state index contributed by atoms with van der Waals surface area (Å²) in [5, 5.41) is 8.72. The molecule has 2 aromatic rings. The van der Waals surface area contributed by atoms with Crippen LogP contribution in [0.2, 0.25) is 0 Å². The first-order chi connectivity index (χ1) is 11.0.